The standard InChI is InChI=1S/C28H29ClN4O5/c1-5-36-33-25(19-10-14-21(15-11-19)37-22-16-12-20(29)13-17-22)18(2)27(38-30)24-9-7-6-8-23(24)26(32-35-4)28(34)31-3/h6-17H,5,30H2,1-4H3,(H,31,34). The molecule has 0 fully saturated rings. The number of hydrogen-bond donors (Lipinski definition) is 2. The lowest BCUT2D eigenvalue weighted by molar-refractivity contribution is -0.114. The van der Waals surface area contributed by atoms with E-state index in [1.165, 1.54) is 14.2 Å². The number of amides is 1. The summed E-state index contributed by atoms with van der Waals surface area (Å²) in [5.41, 5.74) is 2.79. The van der Waals surface area contributed by atoms with Gasteiger partial charge in [0.25, 0.3) is 5.91 Å². The molecule has 0 radical (unpaired) electrons. The largest absolute Gasteiger partial charge is 0.457 e. The predicted octanol–water partition coefficient (Wildman–Crippen LogP) is 5.29. The van der Waals surface area contributed by atoms with E-state index in [0.717, 1.165) is 5.56 Å². The Morgan fingerprint density at radius 1 is 0.921 bits per heavy atom. The molecule has 0 saturated heterocycles. The summed E-state index contributed by atoms with van der Waals surface area (Å²) in [7, 11) is 2.87. The molecular formula is C28H29ClN4O5. The fourth-order valence-corrected chi connectivity index (χ4v) is 3.68. The molecule has 0 unspecified atom stereocenters. The summed E-state index contributed by atoms with van der Waals surface area (Å²) in [5.74, 6) is 6.88. The fraction of sp³-hybridized carbons (Fsp3) is 0.179. The molecule has 38 heavy (non-hydrogen) atoms. The van der Waals surface area contributed by atoms with E-state index in [9.17, 15) is 4.79 Å². The lowest BCUT2D eigenvalue weighted by Crippen LogP contribution is -2.29. The smallest absolute Gasteiger partial charge is 0.273 e. The molecule has 0 aromatic heterocycles. The number of oxime groups is 2. The lowest BCUT2D eigenvalue weighted by atomic mass is 9.95. The van der Waals surface area contributed by atoms with E-state index >= 15 is 0 Å². The Bertz CT molecular complexity index is 1340. The molecule has 3 aromatic carbocycles. The maximum Gasteiger partial charge on any atom is 0.273 e. The topological polar surface area (TPSA) is 117 Å². The van der Waals surface area contributed by atoms with Crippen molar-refractivity contribution in [2.24, 2.45) is 16.2 Å². The molecule has 10 heteroatoms. The second kappa shape index (κ2) is 13.8. The first kappa shape index (κ1) is 28.2. The van der Waals surface area contributed by atoms with Gasteiger partial charge in [0.15, 0.2) is 11.5 Å². The van der Waals surface area contributed by atoms with Gasteiger partial charge in [0.05, 0.1) is 0 Å². The second-order valence-corrected chi connectivity index (χ2v) is 8.19. The van der Waals surface area contributed by atoms with Crippen molar-refractivity contribution in [1.29, 1.82) is 0 Å². The highest BCUT2D eigenvalue weighted by Crippen LogP contribution is 2.28. The van der Waals surface area contributed by atoms with Crippen LogP contribution >= 0.6 is 11.6 Å². The molecule has 0 aliphatic heterocycles. The molecule has 0 aliphatic rings. The van der Waals surface area contributed by atoms with Crippen LogP contribution in [0.4, 0.5) is 0 Å². The van der Waals surface area contributed by atoms with Crippen molar-refractivity contribution in [1.82, 2.24) is 5.32 Å². The van der Waals surface area contributed by atoms with Crippen molar-refractivity contribution in [2.75, 3.05) is 20.8 Å². The summed E-state index contributed by atoms with van der Waals surface area (Å²) < 4.78 is 5.90. The summed E-state index contributed by atoms with van der Waals surface area (Å²) >= 11 is 5.95. The highest BCUT2D eigenvalue weighted by atomic mass is 35.5. The Balaban J connectivity index is 2.06. The third kappa shape index (κ3) is 6.90. The third-order valence-electron chi connectivity index (χ3n) is 5.33. The van der Waals surface area contributed by atoms with E-state index < -0.39 is 5.91 Å². The van der Waals surface area contributed by atoms with Gasteiger partial charge >= 0.3 is 0 Å². The number of likely N-dealkylation sites (N-methyl/N-ethyl adjacent to an activating group) is 1. The molecule has 3 aromatic rings. The van der Waals surface area contributed by atoms with Gasteiger partial charge in [-0.15, -0.1) is 0 Å². The normalized spacial score (nSPS) is 12.4. The Morgan fingerprint density at radius 2 is 1.53 bits per heavy atom. The molecule has 1 amide bonds. The number of ether oxygens (including phenoxy) is 1. The maximum atomic E-state index is 12.5. The summed E-state index contributed by atoms with van der Waals surface area (Å²) in [6.07, 6.45) is 0. The molecule has 0 saturated carbocycles. The quantitative estimate of drug-likeness (QED) is 0.195. The first-order chi connectivity index (χ1) is 18.4. The van der Waals surface area contributed by atoms with Crippen LogP contribution < -0.4 is 16.0 Å². The van der Waals surface area contributed by atoms with E-state index in [2.05, 4.69) is 15.6 Å². The Hall–Kier alpha value is -4.34. The maximum absolute atomic E-state index is 12.5. The molecular weight excluding hydrogens is 508 g/mol. The zero-order chi connectivity index (χ0) is 27.5. The van der Waals surface area contributed by atoms with Crippen LogP contribution in [-0.4, -0.2) is 38.1 Å². The van der Waals surface area contributed by atoms with Crippen LogP contribution in [0.25, 0.3) is 5.76 Å². The molecule has 0 spiro atoms. The van der Waals surface area contributed by atoms with Crippen LogP contribution in [0, 0.1) is 0 Å². The molecule has 0 heterocycles. The summed E-state index contributed by atoms with van der Waals surface area (Å²) in [6.45, 7) is 3.98. The van der Waals surface area contributed by atoms with Crippen LogP contribution in [0.15, 0.2) is 88.7 Å². The average molecular weight is 537 g/mol. The molecule has 0 atom stereocenters. The molecule has 3 N–H and O–H groups in total. The zero-order valence-corrected chi connectivity index (χ0v) is 22.3. The number of hydrogen-bond acceptors (Lipinski definition) is 8. The van der Waals surface area contributed by atoms with Crippen LogP contribution in [0.5, 0.6) is 11.5 Å². The lowest BCUT2D eigenvalue weighted by Gasteiger charge is -2.16. The summed E-state index contributed by atoms with van der Waals surface area (Å²) in [5, 5.41) is 11.4. The summed E-state index contributed by atoms with van der Waals surface area (Å²) in [6, 6.07) is 21.4. The van der Waals surface area contributed by atoms with E-state index in [-0.39, 0.29) is 11.5 Å². The Kier molecular flexibility index (Phi) is 10.3. The van der Waals surface area contributed by atoms with Crippen molar-refractivity contribution >= 4 is 34.7 Å². The van der Waals surface area contributed by atoms with Gasteiger partial charge in [0.1, 0.15) is 30.9 Å². The van der Waals surface area contributed by atoms with Gasteiger partial charge in [0.2, 0.25) is 0 Å². The molecule has 3 rings (SSSR count). The van der Waals surface area contributed by atoms with E-state index in [1.807, 2.05) is 31.2 Å². The van der Waals surface area contributed by atoms with Gasteiger partial charge < -0.3 is 24.6 Å². The third-order valence-corrected chi connectivity index (χ3v) is 5.58. The number of rotatable bonds is 11. The summed E-state index contributed by atoms with van der Waals surface area (Å²) in [4.78, 5) is 28.2. The number of benzene rings is 3. The number of nitrogens with one attached hydrogen (secondary N) is 1. The van der Waals surface area contributed by atoms with Crippen molar-refractivity contribution in [2.45, 2.75) is 13.8 Å². The van der Waals surface area contributed by atoms with Gasteiger partial charge in [-0.2, -0.15) is 5.90 Å². The first-order valence-electron chi connectivity index (χ1n) is 11.7. The van der Waals surface area contributed by atoms with Gasteiger partial charge in [0, 0.05) is 34.3 Å². The minimum absolute atomic E-state index is 0.0555. The SMILES string of the molecule is CCON=C(C(C)=C(ON)c1ccccc1C(=NOC)C(=O)NC)c1ccc(Oc2ccc(Cl)cc2)cc1. The molecule has 198 valence electrons. The number of allylic oxidation sites excluding steroid dienone is 1. The number of nitrogens with two attached hydrogens (primary N) is 1. The molecule has 0 aliphatic carbocycles. The highest BCUT2D eigenvalue weighted by Gasteiger charge is 2.23. The fourth-order valence-electron chi connectivity index (χ4n) is 3.56. The number of halogens is 1. The zero-order valence-electron chi connectivity index (χ0n) is 21.5. The van der Waals surface area contributed by atoms with E-state index in [1.54, 1.807) is 55.5 Å². The molecule has 9 nitrogen and oxygen atoms in total. The van der Waals surface area contributed by atoms with Gasteiger partial charge in [-0.25, -0.2) is 0 Å². The monoisotopic (exact) mass is 536 g/mol. The van der Waals surface area contributed by atoms with Gasteiger partial charge in [-0.05, 0) is 62.4 Å². The van der Waals surface area contributed by atoms with Crippen LogP contribution in [0.3, 0.4) is 0 Å². The average Bonchev–Trinajstić information content (AvgIpc) is 2.94. The first-order valence-corrected chi connectivity index (χ1v) is 12.1. The minimum Gasteiger partial charge on any atom is -0.457 e. The van der Waals surface area contributed by atoms with Crippen molar-refractivity contribution in [3.05, 3.63) is 100 Å². The van der Waals surface area contributed by atoms with Crippen molar-refractivity contribution in [3.8, 4) is 11.5 Å². The van der Waals surface area contributed by atoms with E-state index in [4.69, 9.17) is 36.7 Å². The predicted molar refractivity (Wildman–Crippen MR) is 148 cm³/mol. The van der Waals surface area contributed by atoms with Crippen LogP contribution in [-0.2, 0) is 19.3 Å². The Morgan fingerprint density at radius 3 is 2.08 bits per heavy atom. The molecule has 0 bridgehead atoms. The highest BCUT2D eigenvalue weighted by molar-refractivity contribution is 6.45. The number of carbonyl (C=O) groups is 1. The van der Waals surface area contributed by atoms with Crippen LogP contribution in [0.2, 0.25) is 5.02 Å². The van der Waals surface area contributed by atoms with E-state index in [0.29, 0.717) is 45.5 Å². The van der Waals surface area contributed by atoms with Gasteiger partial charge in [-0.3, -0.25) is 4.79 Å². The number of carbonyl (C=O) groups excluding carboxylic acids is 1. The van der Waals surface area contributed by atoms with Crippen molar-refractivity contribution < 1.29 is 24.0 Å². The Labute approximate surface area is 226 Å². The second-order valence-electron chi connectivity index (χ2n) is 7.76. The van der Waals surface area contributed by atoms with Gasteiger partial charge in [-0.1, -0.05) is 46.2 Å². The minimum atomic E-state index is -0.437. The van der Waals surface area contributed by atoms with Crippen molar-refractivity contribution in [3.63, 3.8) is 0 Å². The number of nitrogens with zero attached hydrogens (tertiary/aromatic N) is 2. The van der Waals surface area contributed by atoms with Crippen LogP contribution in [0.1, 0.15) is 30.5 Å².